The van der Waals surface area contributed by atoms with Crippen molar-refractivity contribution in [3.05, 3.63) is 352 Å². The molecule has 0 aliphatic carbocycles. The van der Waals surface area contributed by atoms with Crippen LogP contribution in [0.2, 0.25) is 0 Å². The number of hydrogen-bond acceptors (Lipinski definition) is 2. The summed E-state index contributed by atoms with van der Waals surface area (Å²) in [6, 6.07) is 128. The fraction of sp³-hybridized carbons (Fsp3) is 0. The molecule has 6 nitrogen and oxygen atoms in total. The van der Waals surface area contributed by atoms with E-state index in [0.717, 1.165) is 144 Å². The van der Waals surface area contributed by atoms with Gasteiger partial charge in [0.2, 0.25) is 0 Å². The summed E-state index contributed by atoms with van der Waals surface area (Å²) in [6.45, 7) is 0. The Morgan fingerprint density at radius 1 is 0.167 bits per heavy atom. The molecule has 0 bridgehead atoms. The number of hydrogen-bond donors (Lipinski definition) is 0. The molecule has 0 radical (unpaired) electrons. The van der Waals surface area contributed by atoms with Crippen molar-refractivity contribution in [2.24, 2.45) is 0 Å². The van der Waals surface area contributed by atoms with E-state index >= 15 is 0 Å². The van der Waals surface area contributed by atoms with Gasteiger partial charge in [-0.25, -0.2) is 0 Å². The van der Waals surface area contributed by atoms with Crippen molar-refractivity contribution in [1.29, 1.82) is 0 Å². The minimum absolute atomic E-state index is 0.843. The second kappa shape index (κ2) is 21.9. The summed E-state index contributed by atoms with van der Waals surface area (Å²) in [5.41, 5.74) is 28.2. The predicted molar refractivity (Wildman–Crippen MR) is 426 cm³/mol. The Labute approximate surface area is 584 Å². The maximum atomic E-state index is 7.44. The van der Waals surface area contributed by atoms with E-state index in [4.69, 9.17) is 8.83 Å². The van der Waals surface area contributed by atoms with Crippen molar-refractivity contribution in [3.8, 4) is 78.4 Å². The monoisotopic (exact) mass is 1300 g/mol. The van der Waals surface area contributed by atoms with E-state index in [2.05, 4.69) is 370 Å². The molecule has 6 heteroatoms. The van der Waals surface area contributed by atoms with Crippen molar-refractivity contribution in [1.82, 2.24) is 18.3 Å². The average Bonchev–Trinajstić information content (AvgIpc) is 1.57. The molecule has 0 unspecified atom stereocenters. The third-order valence-electron chi connectivity index (χ3n) is 21.6. The van der Waals surface area contributed by atoms with Gasteiger partial charge in [0, 0.05) is 93.3 Å². The number of aromatic nitrogens is 4. The highest BCUT2D eigenvalue weighted by atomic mass is 16.3. The molecule has 0 fully saturated rings. The van der Waals surface area contributed by atoms with Crippen LogP contribution >= 0.6 is 0 Å². The number of rotatable bonds is 9. The van der Waals surface area contributed by atoms with Crippen molar-refractivity contribution in [3.63, 3.8) is 0 Å². The highest BCUT2D eigenvalue weighted by Crippen LogP contribution is 2.47. The fourth-order valence-corrected chi connectivity index (χ4v) is 16.9. The van der Waals surface area contributed by atoms with E-state index in [0.29, 0.717) is 0 Å². The predicted octanol–water partition coefficient (Wildman–Crippen LogP) is 26.2. The molecule has 0 N–H and O–H groups in total. The largest absolute Gasteiger partial charge is 0.456 e. The van der Waals surface area contributed by atoms with E-state index in [-0.39, 0.29) is 0 Å². The minimum atomic E-state index is 0.843. The SMILES string of the molecule is c1ccc(-c2ccc3oc4cc(-n5c6ccccc6c6ccc(-c7ccc8c(c7)c7ccc(-c9ccccc9-c9cccc%10c9oc9c(-n%11c%12ccccc%12c%12ccc(-c%13ccc%14c(c%13)c%13ccccc%13n%14-c%13ccccc%13)cc%12%11)cccc9%10)cc7n8-c7ccccc7)cc65)ccc4c3c2)cc1. The summed E-state index contributed by atoms with van der Waals surface area (Å²) in [5, 5.41) is 14.0. The Morgan fingerprint density at radius 2 is 0.569 bits per heavy atom. The molecular formula is C96H58N4O2. The van der Waals surface area contributed by atoms with Crippen LogP contribution in [-0.2, 0) is 0 Å². The summed E-state index contributed by atoms with van der Waals surface area (Å²) < 4.78 is 23.7. The van der Waals surface area contributed by atoms with Crippen LogP contribution in [0.3, 0.4) is 0 Å². The van der Waals surface area contributed by atoms with Crippen molar-refractivity contribution in [2.75, 3.05) is 0 Å². The molecular weight excluding hydrogens is 1240 g/mol. The molecule has 0 spiro atoms. The summed E-state index contributed by atoms with van der Waals surface area (Å²) >= 11 is 0. The van der Waals surface area contributed by atoms with Crippen molar-refractivity contribution < 1.29 is 8.83 Å². The second-order valence-electron chi connectivity index (χ2n) is 27.1. The van der Waals surface area contributed by atoms with Gasteiger partial charge in [0.05, 0.1) is 49.8 Å². The maximum Gasteiger partial charge on any atom is 0.159 e. The Hall–Kier alpha value is -13.7. The van der Waals surface area contributed by atoms with E-state index in [1.54, 1.807) is 0 Å². The Bertz CT molecular complexity index is 7240. The zero-order valence-corrected chi connectivity index (χ0v) is 55.1. The molecule has 22 aromatic rings. The standard InChI is InChI=1S/C96H58N4O2/c1-4-20-59(21-5-1)60-43-51-93-83(54-60)77-48-44-68(58-94(77)101-93)99-84-34-15-12-28-71(84)74-45-38-63(55-90(74)99)62-42-50-88-82(53-62)76-47-40-65(57-91(76)98(88)67-24-8-3-9-25-67)69-26-10-11-27-70(69)78-31-18-32-79-80-33-19-37-89(96(80)102-95(78)79)100-86-36-17-13-29-72(86)75-46-39-64(56-92(75)100)61-41-49-87-81(52-61)73-30-14-16-35-85(73)97(87)66-22-6-2-7-23-66/h1-58H. The van der Waals surface area contributed by atoms with Crippen LogP contribution in [0.25, 0.3) is 209 Å². The number of benzene rings is 16. The highest BCUT2D eigenvalue weighted by Gasteiger charge is 2.24. The van der Waals surface area contributed by atoms with Gasteiger partial charge in [-0.1, -0.05) is 231 Å². The van der Waals surface area contributed by atoms with Gasteiger partial charge in [-0.15, -0.1) is 0 Å². The number of para-hydroxylation sites is 7. The van der Waals surface area contributed by atoms with Gasteiger partial charge in [-0.2, -0.15) is 0 Å². The molecule has 6 heterocycles. The van der Waals surface area contributed by atoms with Crippen LogP contribution in [0.5, 0.6) is 0 Å². The van der Waals surface area contributed by atoms with Crippen LogP contribution in [0.15, 0.2) is 361 Å². The first-order chi connectivity index (χ1) is 50.6. The Balaban J connectivity index is 0.654. The van der Waals surface area contributed by atoms with Crippen LogP contribution < -0.4 is 0 Å². The minimum Gasteiger partial charge on any atom is -0.456 e. The van der Waals surface area contributed by atoms with Crippen molar-refractivity contribution in [2.45, 2.75) is 0 Å². The first kappa shape index (κ1) is 56.3. The first-order valence-electron chi connectivity index (χ1n) is 34.9. The third-order valence-corrected chi connectivity index (χ3v) is 21.6. The van der Waals surface area contributed by atoms with Crippen LogP contribution in [-0.4, -0.2) is 18.3 Å². The lowest BCUT2D eigenvalue weighted by Crippen LogP contribution is -1.94. The number of nitrogens with zero attached hydrogens (tertiary/aromatic N) is 4. The van der Waals surface area contributed by atoms with E-state index < -0.39 is 0 Å². The molecule has 474 valence electrons. The molecule has 0 aliphatic rings. The second-order valence-corrected chi connectivity index (χ2v) is 27.1. The highest BCUT2D eigenvalue weighted by molar-refractivity contribution is 6.18. The zero-order valence-electron chi connectivity index (χ0n) is 55.1. The lowest BCUT2D eigenvalue weighted by molar-refractivity contribution is 0.667. The zero-order chi connectivity index (χ0) is 66.7. The fourth-order valence-electron chi connectivity index (χ4n) is 16.9. The van der Waals surface area contributed by atoms with Gasteiger partial charge in [-0.3, -0.25) is 0 Å². The van der Waals surface area contributed by atoms with Crippen LogP contribution in [0.4, 0.5) is 0 Å². The van der Waals surface area contributed by atoms with Gasteiger partial charge >= 0.3 is 0 Å². The lowest BCUT2D eigenvalue weighted by atomic mass is 9.93. The smallest absolute Gasteiger partial charge is 0.159 e. The first-order valence-corrected chi connectivity index (χ1v) is 34.9. The van der Waals surface area contributed by atoms with E-state index in [1.807, 2.05) is 0 Å². The molecule has 0 amide bonds. The molecule has 102 heavy (non-hydrogen) atoms. The van der Waals surface area contributed by atoms with E-state index in [9.17, 15) is 0 Å². The lowest BCUT2D eigenvalue weighted by Gasteiger charge is -2.12. The Morgan fingerprint density at radius 3 is 1.22 bits per heavy atom. The molecule has 6 aromatic heterocycles. The summed E-state index contributed by atoms with van der Waals surface area (Å²) in [4.78, 5) is 0. The van der Waals surface area contributed by atoms with Crippen molar-refractivity contribution >= 4 is 131 Å². The van der Waals surface area contributed by atoms with E-state index in [1.165, 1.54) is 65.3 Å². The summed E-state index contributed by atoms with van der Waals surface area (Å²) in [6.07, 6.45) is 0. The Kier molecular flexibility index (Phi) is 12.1. The van der Waals surface area contributed by atoms with Crippen LogP contribution in [0.1, 0.15) is 0 Å². The quantitative estimate of drug-likeness (QED) is 0.145. The van der Waals surface area contributed by atoms with Crippen LogP contribution in [0, 0.1) is 0 Å². The van der Waals surface area contributed by atoms with Gasteiger partial charge < -0.3 is 27.1 Å². The maximum absolute atomic E-state index is 7.44. The molecule has 16 aromatic carbocycles. The summed E-state index contributed by atoms with van der Waals surface area (Å²) in [5.74, 6) is 0. The normalized spacial score (nSPS) is 12.1. The molecule has 0 aliphatic heterocycles. The molecule has 0 atom stereocenters. The topological polar surface area (TPSA) is 46.0 Å². The molecule has 22 rings (SSSR count). The number of furan rings is 2. The molecule has 0 saturated heterocycles. The van der Waals surface area contributed by atoms with Gasteiger partial charge in [0.25, 0.3) is 0 Å². The average molecular weight is 1300 g/mol. The molecule has 0 saturated carbocycles. The summed E-state index contributed by atoms with van der Waals surface area (Å²) in [7, 11) is 0. The van der Waals surface area contributed by atoms with Gasteiger partial charge in [-0.05, 0) is 165 Å². The number of fused-ring (bicyclic) bond motifs is 18. The third kappa shape index (κ3) is 8.41. The van der Waals surface area contributed by atoms with Gasteiger partial charge in [0.15, 0.2) is 5.58 Å². The van der Waals surface area contributed by atoms with Gasteiger partial charge in [0.1, 0.15) is 16.7 Å².